The van der Waals surface area contributed by atoms with Crippen molar-refractivity contribution in [2.75, 3.05) is 5.32 Å². The standard InChI is InChI=1S/C13H16N4O3/c1-9(2)17-5-3-4-11(17)13(20)15-10-6-14-16(7-10)8-12(18)19/h3-7,9H,8H2,1-2H3,(H,15,20)(H,18,19). The molecule has 7 nitrogen and oxygen atoms in total. The summed E-state index contributed by atoms with van der Waals surface area (Å²) in [7, 11) is 0. The normalized spacial score (nSPS) is 10.8. The maximum absolute atomic E-state index is 12.1. The molecule has 0 saturated carbocycles. The summed E-state index contributed by atoms with van der Waals surface area (Å²) in [6.45, 7) is 3.74. The molecule has 7 heteroatoms. The molecule has 0 saturated heterocycles. The number of hydrogen-bond donors (Lipinski definition) is 2. The van der Waals surface area contributed by atoms with Gasteiger partial charge in [-0.25, -0.2) is 0 Å². The number of rotatable bonds is 5. The second-order valence-corrected chi connectivity index (χ2v) is 4.67. The smallest absolute Gasteiger partial charge is 0.325 e. The highest BCUT2D eigenvalue weighted by molar-refractivity contribution is 6.03. The fraction of sp³-hybridized carbons (Fsp3) is 0.308. The first-order chi connectivity index (χ1) is 9.47. The van der Waals surface area contributed by atoms with E-state index >= 15 is 0 Å². The average Bonchev–Trinajstić information content (AvgIpc) is 2.96. The van der Waals surface area contributed by atoms with Crippen LogP contribution in [0, 0.1) is 0 Å². The molecule has 0 aliphatic carbocycles. The Labute approximate surface area is 115 Å². The molecule has 2 rings (SSSR count). The molecule has 0 radical (unpaired) electrons. The van der Waals surface area contributed by atoms with Gasteiger partial charge in [-0.15, -0.1) is 0 Å². The predicted molar refractivity (Wildman–Crippen MR) is 72.6 cm³/mol. The first-order valence-corrected chi connectivity index (χ1v) is 6.20. The SMILES string of the molecule is CC(C)n1cccc1C(=O)Nc1cnn(CC(=O)O)c1. The van der Waals surface area contributed by atoms with Crippen molar-refractivity contribution in [2.45, 2.75) is 26.4 Å². The van der Waals surface area contributed by atoms with Crippen LogP contribution in [-0.4, -0.2) is 31.3 Å². The molecule has 0 aliphatic rings. The molecule has 0 unspecified atom stereocenters. The van der Waals surface area contributed by atoms with Gasteiger partial charge in [0.25, 0.3) is 5.91 Å². The molecule has 106 valence electrons. The fourth-order valence-corrected chi connectivity index (χ4v) is 1.88. The zero-order chi connectivity index (χ0) is 14.7. The first-order valence-electron chi connectivity index (χ1n) is 6.20. The summed E-state index contributed by atoms with van der Waals surface area (Å²) in [6.07, 6.45) is 4.74. The van der Waals surface area contributed by atoms with Gasteiger partial charge >= 0.3 is 5.97 Å². The summed E-state index contributed by atoms with van der Waals surface area (Å²) in [5, 5.41) is 15.2. The van der Waals surface area contributed by atoms with Crippen LogP contribution in [0.4, 0.5) is 5.69 Å². The maximum Gasteiger partial charge on any atom is 0.325 e. The lowest BCUT2D eigenvalue weighted by atomic mass is 10.3. The number of carbonyl (C=O) groups is 2. The molecule has 2 N–H and O–H groups in total. The van der Waals surface area contributed by atoms with E-state index < -0.39 is 5.97 Å². The van der Waals surface area contributed by atoms with Gasteiger partial charge < -0.3 is 15.0 Å². The Bertz CT molecular complexity index is 627. The van der Waals surface area contributed by atoms with E-state index in [9.17, 15) is 9.59 Å². The minimum atomic E-state index is -0.986. The van der Waals surface area contributed by atoms with E-state index in [-0.39, 0.29) is 18.5 Å². The summed E-state index contributed by atoms with van der Waals surface area (Å²) in [6, 6.07) is 3.72. The molecule has 2 aromatic heterocycles. The number of nitrogens with zero attached hydrogens (tertiary/aromatic N) is 3. The van der Waals surface area contributed by atoms with Crippen LogP contribution in [0.25, 0.3) is 0 Å². The molecule has 20 heavy (non-hydrogen) atoms. The Morgan fingerprint density at radius 2 is 2.20 bits per heavy atom. The quantitative estimate of drug-likeness (QED) is 0.868. The predicted octanol–water partition coefficient (Wildman–Crippen LogP) is 1.60. The molecule has 0 fully saturated rings. The van der Waals surface area contributed by atoms with E-state index in [0.717, 1.165) is 0 Å². The van der Waals surface area contributed by atoms with Gasteiger partial charge in [0.05, 0.1) is 11.9 Å². The van der Waals surface area contributed by atoms with E-state index in [2.05, 4.69) is 10.4 Å². The molecule has 2 heterocycles. The number of aliphatic carboxylic acids is 1. The topological polar surface area (TPSA) is 89.2 Å². The average molecular weight is 276 g/mol. The van der Waals surface area contributed by atoms with Crippen LogP contribution in [0.1, 0.15) is 30.4 Å². The second-order valence-electron chi connectivity index (χ2n) is 4.67. The van der Waals surface area contributed by atoms with E-state index in [1.807, 2.05) is 30.7 Å². The van der Waals surface area contributed by atoms with Gasteiger partial charge in [-0.05, 0) is 26.0 Å². The van der Waals surface area contributed by atoms with Crippen molar-refractivity contribution in [1.82, 2.24) is 14.3 Å². The van der Waals surface area contributed by atoms with Crippen molar-refractivity contribution in [1.29, 1.82) is 0 Å². The molecular formula is C13H16N4O3. The van der Waals surface area contributed by atoms with Crippen molar-refractivity contribution in [3.05, 3.63) is 36.4 Å². The number of hydrogen-bond acceptors (Lipinski definition) is 3. The maximum atomic E-state index is 12.1. The van der Waals surface area contributed by atoms with E-state index in [1.165, 1.54) is 17.1 Å². The third-order valence-corrected chi connectivity index (χ3v) is 2.76. The van der Waals surface area contributed by atoms with E-state index in [0.29, 0.717) is 11.4 Å². The highest BCUT2D eigenvalue weighted by Gasteiger charge is 2.13. The number of amides is 1. The van der Waals surface area contributed by atoms with Gasteiger partial charge in [0.1, 0.15) is 12.2 Å². The minimum absolute atomic E-state index is 0.181. The number of nitrogens with one attached hydrogen (secondary N) is 1. The molecular weight excluding hydrogens is 260 g/mol. The van der Waals surface area contributed by atoms with Crippen LogP contribution in [0.3, 0.4) is 0 Å². The number of carboxylic acid groups (broad SMARTS) is 1. The summed E-state index contributed by atoms with van der Waals surface area (Å²) >= 11 is 0. The lowest BCUT2D eigenvalue weighted by molar-refractivity contribution is -0.137. The Morgan fingerprint density at radius 3 is 2.85 bits per heavy atom. The zero-order valence-corrected chi connectivity index (χ0v) is 11.3. The van der Waals surface area contributed by atoms with Crippen molar-refractivity contribution >= 4 is 17.6 Å². The number of aromatic nitrogens is 3. The summed E-state index contributed by atoms with van der Waals surface area (Å²) < 4.78 is 3.11. The highest BCUT2D eigenvalue weighted by atomic mass is 16.4. The minimum Gasteiger partial charge on any atom is -0.480 e. The Hall–Kier alpha value is -2.57. The lowest BCUT2D eigenvalue weighted by Crippen LogP contribution is -2.17. The molecule has 0 atom stereocenters. The van der Waals surface area contributed by atoms with Gasteiger partial charge in [0.15, 0.2) is 0 Å². The number of carboxylic acids is 1. The summed E-state index contributed by atoms with van der Waals surface area (Å²) in [5.74, 6) is -1.24. The molecule has 0 bridgehead atoms. The van der Waals surface area contributed by atoms with E-state index in [4.69, 9.17) is 5.11 Å². The summed E-state index contributed by atoms with van der Waals surface area (Å²) in [4.78, 5) is 22.7. The van der Waals surface area contributed by atoms with Crippen molar-refractivity contribution < 1.29 is 14.7 Å². The third kappa shape index (κ3) is 3.05. The van der Waals surface area contributed by atoms with E-state index in [1.54, 1.807) is 6.07 Å². The summed E-state index contributed by atoms with van der Waals surface area (Å²) in [5.41, 5.74) is 1.01. The van der Waals surface area contributed by atoms with Gasteiger partial charge in [0, 0.05) is 18.4 Å². The second kappa shape index (κ2) is 5.60. The van der Waals surface area contributed by atoms with Crippen molar-refractivity contribution in [3.8, 4) is 0 Å². The first kappa shape index (κ1) is 13.9. The Balaban J connectivity index is 2.09. The highest BCUT2D eigenvalue weighted by Crippen LogP contribution is 2.13. The fourth-order valence-electron chi connectivity index (χ4n) is 1.88. The van der Waals surface area contributed by atoms with Crippen molar-refractivity contribution in [2.24, 2.45) is 0 Å². The van der Waals surface area contributed by atoms with Gasteiger partial charge in [0.2, 0.25) is 0 Å². The lowest BCUT2D eigenvalue weighted by Gasteiger charge is -2.12. The number of anilines is 1. The van der Waals surface area contributed by atoms with Gasteiger partial charge in [-0.2, -0.15) is 5.10 Å². The van der Waals surface area contributed by atoms with Gasteiger partial charge in [-0.3, -0.25) is 14.3 Å². The van der Waals surface area contributed by atoms with Crippen LogP contribution >= 0.6 is 0 Å². The third-order valence-electron chi connectivity index (χ3n) is 2.76. The van der Waals surface area contributed by atoms with Crippen molar-refractivity contribution in [3.63, 3.8) is 0 Å². The Morgan fingerprint density at radius 1 is 1.45 bits per heavy atom. The van der Waals surface area contributed by atoms with Crippen LogP contribution in [0.15, 0.2) is 30.7 Å². The molecule has 0 spiro atoms. The largest absolute Gasteiger partial charge is 0.480 e. The van der Waals surface area contributed by atoms with Crippen LogP contribution in [-0.2, 0) is 11.3 Å². The van der Waals surface area contributed by atoms with Crippen LogP contribution in [0.5, 0.6) is 0 Å². The van der Waals surface area contributed by atoms with Gasteiger partial charge in [-0.1, -0.05) is 0 Å². The molecule has 0 aromatic carbocycles. The Kier molecular flexibility index (Phi) is 3.88. The van der Waals surface area contributed by atoms with Crippen LogP contribution < -0.4 is 5.32 Å². The monoisotopic (exact) mass is 276 g/mol. The molecule has 1 amide bonds. The van der Waals surface area contributed by atoms with Crippen LogP contribution in [0.2, 0.25) is 0 Å². The zero-order valence-electron chi connectivity index (χ0n) is 11.3. The molecule has 0 aliphatic heterocycles. The number of carbonyl (C=O) groups excluding carboxylic acids is 1. The molecule has 2 aromatic rings.